The van der Waals surface area contributed by atoms with Crippen LogP contribution in [0.1, 0.15) is 92.4 Å². The van der Waals surface area contributed by atoms with Crippen LogP contribution in [-0.2, 0) is 23.7 Å². The highest BCUT2D eigenvalue weighted by Gasteiger charge is 2.79. The summed E-state index contributed by atoms with van der Waals surface area (Å²) in [6, 6.07) is 0. The van der Waals surface area contributed by atoms with Gasteiger partial charge in [0.1, 0.15) is 19.2 Å². The van der Waals surface area contributed by atoms with Crippen molar-refractivity contribution in [1.82, 2.24) is 0 Å². The van der Waals surface area contributed by atoms with Gasteiger partial charge in [0.2, 0.25) is 0 Å². The summed E-state index contributed by atoms with van der Waals surface area (Å²) in [6.07, 6.45) is 13.9. The minimum atomic E-state index is -0.856. The van der Waals surface area contributed by atoms with Crippen molar-refractivity contribution in [2.75, 3.05) is 33.4 Å². The molecule has 36 heavy (non-hydrogen) atoms. The van der Waals surface area contributed by atoms with Crippen molar-refractivity contribution in [1.29, 1.82) is 0 Å². The van der Waals surface area contributed by atoms with Crippen LogP contribution in [0.5, 0.6) is 0 Å². The van der Waals surface area contributed by atoms with E-state index in [9.17, 15) is 5.11 Å². The molecular weight excluding hydrogens is 456 g/mol. The molecule has 0 aromatic heterocycles. The molecule has 0 aromatic carbocycles. The van der Waals surface area contributed by atoms with Crippen LogP contribution in [0.25, 0.3) is 0 Å². The first-order valence-corrected chi connectivity index (χ1v) is 14.7. The minimum Gasteiger partial charge on any atom is -0.386 e. The van der Waals surface area contributed by atoms with Gasteiger partial charge in [-0.25, -0.2) is 0 Å². The van der Waals surface area contributed by atoms with Gasteiger partial charge in [0.05, 0.1) is 17.3 Å². The summed E-state index contributed by atoms with van der Waals surface area (Å²) in [5.74, 6) is 1.52. The Kier molecular flexibility index (Phi) is 7.46. The van der Waals surface area contributed by atoms with E-state index in [1.165, 1.54) is 6.42 Å². The maximum absolute atomic E-state index is 12.5. The molecule has 0 amide bonds. The Balaban J connectivity index is 1.46. The predicted molar refractivity (Wildman–Crippen MR) is 138 cm³/mol. The first-order valence-electron chi connectivity index (χ1n) is 14.7. The normalized spacial score (nSPS) is 46.7. The van der Waals surface area contributed by atoms with Crippen LogP contribution in [0.2, 0.25) is 0 Å². The van der Waals surface area contributed by atoms with Gasteiger partial charge in [-0.1, -0.05) is 26.0 Å². The highest BCUT2D eigenvalue weighted by molar-refractivity contribution is 5.30. The average Bonchev–Trinajstić information content (AvgIpc) is 3.61. The second kappa shape index (κ2) is 9.91. The molecule has 4 saturated carbocycles. The lowest BCUT2D eigenvalue weighted by Crippen LogP contribution is -2.68. The summed E-state index contributed by atoms with van der Waals surface area (Å²) in [6.45, 7) is 13.5. The van der Waals surface area contributed by atoms with E-state index in [0.717, 1.165) is 51.4 Å². The van der Waals surface area contributed by atoms with Crippen molar-refractivity contribution in [3.8, 4) is 0 Å². The molecule has 206 valence electrons. The van der Waals surface area contributed by atoms with Gasteiger partial charge in [0, 0.05) is 25.2 Å². The molecule has 0 heterocycles. The Morgan fingerprint density at radius 1 is 0.806 bits per heavy atom. The molecule has 6 heteroatoms. The number of aliphatic hydroxyl groups is 1. The fraction of sp³-hybridized carbons (Fsp3) is 0.933. The lowest BCUT2D eigenvalue weighted by Gasteiger charge is -2.65. The van der Waals surface area contributed by atoms with Crippen LogP contribution in [0.4, 0.5) is 0 Å². The van der Waals surface area contributed by atoms with Crippen molar-refractivity contribution in [3.05, 3.63) is 12.2 Å². The molecule has 8 atom stereocenters. The zero-order chi connectivity index (χ0) is 25.7. The van der Waals surface area contributed by atoms with Gasteiger partial charge in [-0.3, -0.25) is 0 Å². The Bertz CT molecular complexity index is 811. The lowest BCUT2D eigenvalue weighted by molar-refractivity contribution is -0.290. The molecule has 0 spiro atoms. The summed E-state index contributed by atoms with van der Waals surface area (Å²) in [4.78, 5) is 0. The first-order chi connectivity index (χ1) is 17.3. The highest BCUT2D eigenvalue weighted by atomic mass is 16.7. The van der Waals surface area contributed by atoms with E-state index in [1.807, 2.05) is 13.8 Å². The smallest absolute Gasteiger partial charge is 0.147 e. The molecule has 0 radical (unpaired) electrons. The van der Waals surface area contributed by atoms with E-state index >= 15 is 0 Å². The quantitative estimate of drug-likeness (QED) is 0.223. The van der Waals surface area contributed by atoms with Gasteiger partial charge < -0.3 is 28.8 Å². The van der Waals surface area contributed by atoms with Gasteiger partial charge >= 0.3 is 0 Å². The molecule has 5 aliphatic rings. The molecule has 4 fully saturated rings. The summed E-state index contributed by atoms with van der Waals surface area (Å²) in [7, 11) is 0. The average molecular weight is 507 g/mol. The van der Waals surface area contributed by atoms with Gasteiger partial charge in [0.15, 0.2) is 0 Å². The zero-order valence-electron chi connectivity index (χ0n) is 23.4. The fourth-order valence-corrected chi connectivity index (χ4v) is 9.44. The molecule has 5 rings (SSSR count). The van der Waals surface area contributed by atoms with Crippen molar-refractivity contribution in [3.63, 3.8) is 0 Å². The topological polar surface area (TPSA) is 66.4 Å². The molecule has 0 aromatic rings. The van der Waals surface area contributed by atoms with E-state index in [2.05, 4.69) is 32.9 Å². The molecule has 6 nitrogen and oxygen atoms in total. The standard InChI is InChI=1S/C30H50O6/c1-6-32-20-34-23-11-13-26(4)22(19-23)9-10-25-24(26)12-14-27(5)29(25,36-21-33-7-2)17-18-30(27,31)28(15-16-28)35-8-3/h11,13,22-25,31H,6-10,12,14-21H2,1-5H3/t22?,23?,24-,25-,26+,27+,29-,30?/m1/s1. The van der Waals surface area contributed by atoms with Crippen LogP contribution in [0, 0.1) is 28.6 Å². The Morgan fingerprint density at radius 2 is 1.56 bits per heavy atom. The summed E-state index contributed by atoms with van der Waals surface area (Å²) in [5.41, 5.74) is -1.89. The third kappa shape index (κ3) is 3.80. The van der Waals surface area contributed by atoms with Crippen molar-refractivity contribution in [2.24, 2.45) is 28.6 Å². The van der Waals surface area contributed by atoms with Crippen molar-refractivity contribution >= 4 is 0 Å². The van der Waals surface area contributed by atoms with E-state index < -0.39 is 16.8 Å². The number of fused-ring (bicyclic) bond motifs is 5. The van der Waals surface area contributed by atoms with Crippen molar-refractivity contribution in [2.45, 2.75) is 115 Å². The fourth-order valence-electron chi connectivity index (χ4n) is 9.44. The Labute approximate surface area is 218 Å². The van der Waals surface area contributed by atoms with Gasteiger partial charge in [0.25, 0.3) is 0 Å². The number of hydrogen-bond acceptors (Lipinski definition) is 6. The maximum atomic E-state index is 12.5. The van der Waals surface area contributed by atoms with E-state index in [-0.39, 0.29) is 16.9 Å². The van der Waals surface area contributed by atoms with Crippen molar-refractivity contribution < 1.29 is 28.8 Å². The predicted octanol–water partition coefficient (Wildman–Crippen LogP) is 5.62. The van der Waals surface area contributed by atoms with Gasteiger partial charge in [-0.2, -0.15) is 0 Å². The summed E-state index contributed by atoms with van der Waals surface area (Å²) in [5, 5.41) is 12.5. The largest absolute Gasteiger partial charge is 0.386 e. The minimum absolute atomic E-state index is 0.121. The van der Waals surface area contributed by atoms with Crippen LogP contribution in [0.15, 0.2) is 12.2 Å². The third-order valence-corrected chi connectivity index (χ3v) is 11.5. The number of hydrogen-bond donors (Lipinski definition) is 1. The number of allylic oxidation sites excluding steroid dienone is 1. The molecule has 1 N–H and O–H groups in total. The molecule has 3 unspecified atom stereocenters. The van der Waals surface area contributed by atoms with Crippen LogP contribution in [0.3, 0.4) is 0 Å². The van der Waals surface area contributed by atoms with Crippen LogP contribution < -0.4 is 0 Å². The molecule has 0 saturated heterocycles. The Hall–Kier alpha value is -0.500. The van der Waals surface area contributed by atoms with Gasteiger partial charge in [-0.05, 0) is 102 Å². The van der Waals surface area contributed by atoms with Crippen LogP contribution in [-0.4, -0.2) is 61.4 Å². The van der Waals surface area contributed by atoms with Crippen LogP contribution >= 0.6 is 0 Å². The van der Waals surface area contributed by atoms with E-state index in [1.54, 1.807) is 0 Å². The SMILES string of the molecule is CCOCOC1C=C[C@@]2(C)C(CC[C@@H]3[C@H]2CC[C@]2(C)C(O)(C4(OCC)CC4)CC[C@@]32OCOCC)C1. The third-order valence-electron chi connectivity index (χ3n) is 11.5. The van der Waals surface area contributed by atoms with E-state index in [0.29, 0.717) is 51.2 Å². The van der Waals surface area contributed by atoms with Gasteiger partial charge in [-0.15, -0.1) is 0 Å². The highest BCUT2D eigenvalue weighted by Crippen LogP contribution is 2.74. The summed E-state index contributed by atoms with van der Waals surface area (Å²) >= 11 is 0. The molecular formula is C30H50O6. The number of ether oxygens (including phenoxy) is 5. The lowest BCUT2D eigenvalue weighted by atomic mass is 9.43. The van der Waals surface area contributed by atoms with E-state index in [4.69, 9.17) is 23.7 Å². The second-order valence-corrected chi connectivity index (χ2v) is 12.6. The molecule has 0 bridgehead atoms. The second-order valence-electron chi connectivity index (χ2n) is 12.6. The molecule has 0 aliphatic heterocycles. The number of rotatable bonds is 11. The monoisotopic (exact) mass is 506 g/mol. The summed E-state index contributed by atoms with van der Waals surface area (Å²) < 4.78 is 30.5. The zero-order valence-corrected chi connectivity index (χ0v) is 23.4. The first kappa shape index (κ1) is 27.1. The molecule has 5 aliphatic carbocycles. The maximum Gasteiger partial charge on any atom is 0.147 e. The Morgan fingerprint density at radius 3 is 2.25 bits per heavy atom.